The monoisotopic (exact) mass is 276 g/mol. The van der Waals surface area contributed by atoms with Crippen LogP contribution in [0.4, 0.5) is 0 Å². The van der Waals surface area contributed by atoms with E-state index < -0.39 is 0 Å². The number of nitrogens with zero attached hydrogens (tertiary/aromatic N) is 1. The molecule has 4 nitrogen and oxygen atoms in total. The Labute approximate surface area is 120 Å². The summed E-state index contributed by atoms with van der Waals surface area (Å²) in [5, 5.41) is 9.10. The van der Waals surface area contributed by atoms with E-state index in [2.05, 4.69) is 0 Å². The summed E-state index contributed by atoms with van der Waals surface area (Å²) in [6, 6.07) is 9.83. The summed E-state index contributed by atoms with van der Waals surface area (Å²) in [6.07, 6.45) is 3.00. The van der Waals surface area contributed by atoms with E-state index in [0.29, 0.717) is 18.8 Å². The normalized spacial score (nSPS) is 18.0. The van der Waals surface area contributed by atoms with Gasteiger partial charge in [-0.2, -0.15) is 0 Å². The van der Waals surface area contributed by atoms with Gasteiger partial charge in [-0.1, -0.05) is 30.3 Å². The van der Waals surface area contributed by atoms with Crippen LogP contribution in [0.5, 0.6) is 0 Å². The zero-order chi connectivity index (χ0) is 14.4. The number of carbonyl (C=O) groups is 1. The van der Waals surface area contributed by atoms with Gasteiger partial charge in [-0.05, 0) is 30.7 Å². The van der Waals surface area contributed by atoms with Gasteiger partial charge < -0.3 is 15.7 Å². The third kappa shape index (κ3) is 4.05. The van der Waals surface area contributed by atoms with Crippen molar-refractivity contribution in [1.29, 1.82) is 0 Å². The predicted molar refractivity (Wildman–Crippen MR) is 79.0 cm³/mol. The van der Waals surface area contributed by atoms with Crippen LogP contribution in [-0.2, 0) is 4.79 Å². The Balaban J connectivity index is 1.75. The van der Waals surface area contributed by atoms with Crippen molar-refractivity contribution in [3.63, 3.8) is 0 Å². The van der Waals surface area contributed by atoms with E-state index in [1.54, 1.807) is 0 Å². The van der Waals surface area contributed by atoms with Crippen LogP contribution in [0.25, 0.3) is 0 Å². The lowest BCUT2D eigenvalue weighted by Gasteiger charge is -2.31. The van der Waals surface area contributed by atoms with E-state index in [-0.39, 0.29) is 18.6 Å². The highest BCUT2D eigenvalue weighted by atomic mass is 16.3. The molecule has 0 spiro atoms. The molecule has 1 saturated heterocycles. The number of hydrogen-bond donors (Lipinski definition) is 2. The highest BCUT2D eigenvalue weighted by Gasteiger charge is 2.22. The zero-order valence-corrected chi connectivity index (χ0v) is 11.9. The first-order valence-corrected chi connectivity index (χ1v) is 7.40. The molecule has 1 aromatic rings. The maximum absolute atomic E-state index is 12.1. The van der Waals surface area contributed by atoms with Gasteiger partial charge in [0.25, 0.3) is 0 Å². The van der Waals surface area contributed by atoms with Gasteiger partial charge in [-0.25, -0.2) is 0 Å². The third-order valence-corrected chi connectivity index (χ3v) is 4.12. The molecule has 0 aliphatic carbocycles. The van der Waals surface area contributed by atoms with Crippen LogP contribution in [0.15, 0.2) is 30.3 Å². The lowest BCUT2D eigenvalue weighted by molar-refractivity contribution is -0.133. The van der Waals surface area contributed by atoms with Crippen molar-refractivity contribution in [2.45, 2.75) is 31.7 Å². The number of hydrogen-bond acceptors (Lipinski definition) is 3. The number of piperidine rings is 1. The van der Waals surface area contributed by atoms with Gasteiger partial charge in [0.1, 0.15) is 0 Å². The van der Waals surface area contributed by atoms with Gasteiger partial charge in [0, 0.05) is 32.2 Å². The Bertz CT molecular complexity index is 414. The summed E-state index contributed by atoms with van der Waals surface area (Å²) in [6.45, 7) is 1.77. The van der Waals surface area contributed by atoms with Crippen LogP contribution in [0.3, 0.4) is 0 Å². The minimum atomic E-state index is -0.0740. The fourth-order valence-electron chi connectivity index (χ4n) is 2.67. The van der Waals surface area contributed by atoms with Crippen LogP contribution in [0, 0.1) is 5.92 Å². The average molecular weight is 276 g/mol. The van der Waals surface area contributed by atoms with Crippen molar-refractivity contribution in [2.24, 2.45) is 11.7 Å². The van der Waals surface area contributed by atoms with Gasteiger partial charge in [0.2, 0.25) is 5.91 Å². The number of amides is 1. The lowest BCUT2D eigenvalue weighted by atomic mass is 9.97. The maximum atomic E-state index is 12.1. The molecule has 1 aromatic carbocycles. The molecule has 0 radical (unpaired) electrons. The SMILES string of the molecule is NC(CCC(=O)N1CCC(CO)CC1)c1ccccc1. The third-order valence-electron chi connectivity index (χ3n) is 4.12. The molecule has 110 valence electrons. The molecule has 0 aromatic heterocycles. The molecule has 0 bridgehead atoms. The molecule has 20 heavy (non-hydrogen) atoms. The molecule has 4 heteroatoms. The summed E-state index contributed by atoms with van der Waals surface area (Å²) in [4.78, 5) is 14.0. The number of benzene rings is 1. The van der Waals surface area contributed by atoms with Gasteiger partial charge >= 0.3 is 0 Å². The molecule has 3 N–H and O–H groups in total. The molecule has 1 aliphatic heterocycles. The van der Waals surface area contributed by atoms with Crippen molar-refractivity contribution in [2.75, 3.05) is 19.7 Å². The smallest absolute Gasteiger partial charge is 0.222 e. The van der Waals surface area contributed by atoms with E-state index in [1.807, 2.05) is 35.2 Å². The highest BCUT2D eigenvalue weighted by Crippen LogP contribution is 2.19. The lowest BCUT2D eigenvalue weighted by Crippen LogP contribution is -2.39. The average Bonchev–Trinajstić information content (AvgIpc) is 2.53. The summed E-state index contributed by atoms with van der Waals surface area (Å²) in [5.74, 6) is 0.554. The topological polar surface area (TPSA) is 66.6 Å². The van der Waals surface area contributed by atoms with E-state index in [4.69, 9.17) is 10.8 Å². The number of aliphatic hydroxyl groups excluding tert-OH is 1. The van der Waals surface area contributed by atoms with Gasteiger partial charge in [-0.3, -0.25) is 4.79 Å². The Hall–Kier alpha value is -1.39. The molecule has 1 amide bonds. The molecule has 0 saturated carbocycles. The molecule has 1 unspecified atom stereocenters. The van der Waals surface area contributed by atoms with E-state index in [9.17, 15) is 4.79 Å². The molecule has 1 atom stereocenters. The number of aliphatic hydroxyl groups is 1. The van der Waals surface area contributed by atoms with Crippen LogP contribution >= 0.6 is 0 Å². The second-order valence-electron chi connectivity index (χ2n) is 5.56. The van der Waals surface area contributed by atoms with Crippen molar-refractivity contribution < 1.29 is 9.90 Å². The molecular formula is C16H24N2O2. The molecule has 2 rings (SSSR count). The maximum Gasteiger partial charge on any atom is 0.222 e. The van der Waals surface area contributed by atoms with E-state index >= 15 is 0 Å². The highest BCUT2D eigenvalue weighted by molar-refractivity contribution is 5.76. The molecule has 1 aliphatic rings. The standard InChI is InChI=1S/C16H24N2O2/c17-15(14-4-2-1-3-5-14)6-7-16(20)18-10-8-13(12-19)9-11-18/h1-5,13,15,19H,6-12,17H2. The van der Waals surface area contributed by atoms with Gasteiger partial charge in [-0.15, -0.1) is 0 Å². The summed E-state index contributed by atoms with van der Waals surface area (Å²) in [5.41, 5.74) is 7.20. The number of nitrogens with two attached hydrogens (primary N) is 1. The Morgan fingerprint density at radius 1 is 1.30 bits per heavy atom. The number of rotatable bonds is 5. The second kappa shape index (κ2) is 7.41. The molecular weight excluding hydrogens is 252 g/mol. The van der Waals surface area contributed by atoms with Crippen LogP contribution in [-0.4, -0.2) is 35.6 Å². The Morgan fingerprint density at radius 2 is 1.95 bits per heavy atom. The van der Waals surface area contributed by atoms with Crippen LogP contribution in [0.1, 0.15) is 37.3 Å². The van der Waals surface area contributed by atoms with Crippen molar-refractivity contribution in [3.8, 4) is 0 Å². The quantitative estimate of drug-likeness (QED) is 0.860. The van der Waals surface area contributed by atoms with E-state index in [1.165, 1.54) is 0 Å². The summed E-state index contributed by atoms with van der Waals surface area (Å²) < 4.78 is 0. The Kier molecular flexibility index (Phi) is 5.56. The second-order valence-corrected chi connectivity index (χ2v) is 5.56. The summed E-state index contributed by atoms with van der Waals surface area (Å²) in [7, 11) is 0. The fraction of sp³-hybridized carbons (Fsp3) is 0.562. The van der Waals surface area contributed by atoms with Crippen molar-refractivity contribution >= 4 is 5.91 Å². The molecule has 1 heterocycles. The fourth-order valence-corrected chi connectivity index (χ4v) is 2.67. The first-order chi connectivity index (χ1) is 9.70. The number of likely N-dealkylation sites (tertiary alicyclic amines) is 1. The minimum absolute atomic E-state index is 0.0740. The van der Waals surface area contributed by atoms with Crippen molar-refractivity contribution in [3.05, 3.63) is 35.9 Å². The zero-order valence-electron chi connectivity index (χ0n) is 11.9. The first-order valence-electron chi connectivity index (χ1n) is 7.40. The Morgan fingerprint density at radius 3 is 2.55 bits per heavy atom. The largest absolute Gasteiger partial charge is 0.396 e. The van der Waals surface area contributed by atoms with Crippen LogP contribution in [0.2, 0.25) is 0 Å². The number of carbonyl (C=O) groups excluding carboxylic acids is 1. The summed E-state index contributed by atoms with van der Waals surface area (Å²) >= 11 is 0. The predicted octanol–water partition coefficient (Wildman–Crippen LogP) is 1.70. The van der Waals surface area contributed by atoms with Crippen molar-refractivity contribution in [1.82, 2.24) is 4.90 Å². The minimum Gasteiger partial charge on any atom is -0.396 e. The van der Waals surface area contributed by atoms with Crippen LogP contribution < -0.4 is 5.73 Å². The first kappa shape index (κ1) is 15.0. The van der Waals surface area contributed by atoms with Gasteiger partial charge in [0.05, 0.1) is 0 Å². The van der Waals surface area contributed by atoms with Gasteiger partial charge in [0.15, 0.2) is 0 Å². The van der Waals surface area contributed by atoms with E-state index in [0.717, 1.165) is 31.5 Å². The molecule has 1 fully saturated rings.